The van der Waals surface area contributed by atoms with E-state index in [1.165, 1.54) is 11.6 Å². The number of nitrogens with one attached hydrogen (secondary N) is 1. The van der Waals surface area contributed by atoms with Crippen molar-refractivity contribution < 1.29 is 9.13 Å². The standard InChI is InChI=1S/C12H14Cl2FNO/c1-2-16-7-9-4-3-5-11(15)12(9)17-8-10(14)6-13/h3-6,16H,2,7-8H2,1H3/b10-6-. The molecule has 0 amide bonds. The van der Waals surface area contributed by atoms with Gasteiger partial charge in [-0.05, 0) is 12.6 Å². The molecule has 0 spiro atoms. The van der Waals surface area contributed by atoms with Crippen LogP contribution in [0.5, 0.6) is 5.75 Å². The highest BCUT2D eigenvalue weighted by Gasteiger charge is 2.09. The minimum Gasteiger partial charge on any atom is -0.485 e. The lowest BCUT2D eigenvalue weighted by atomic mass is 10.2. The van der Waals surface area contributed by atoms with Crippen molar-refractivity contribution in [2.24, 2.45) is 0 Å². The molecule has 1 aromatic carbocycles. The molecule has 0 aliphatic heterocycles. The minimum atomic E-state index is -0.403. The number of hydrogen-bond donors (Lipinski definition) is 1. The lowest BCUT2D eigenvalue weighted by Gasteiger charge is -2.12. The highest BCUT2D eigenvalue weighted by atomic mass is 35.5. The summed E-state index contributed by atoms with van der Waals surface area (Å²) in [6.45, 7) is 3.39. The maximum Gasteiger partial charge on any atom is 0.165 e. The predicted molar refractivity (Wildman–Crippen MR) is 69.1 cm³/mol. The molecule has 1 aromatic rings. The molecule has 2 nitrogen and oxygen atoms in total. The molecule has 0 aromatic heterocycles. The highest BCUT2D eigenvalue weighted by Crippen LogP contribution is 2.23. The van der Waals surface area contributed by atoms with Crippen LogP contribution in [0.25, 0.3) is 0 Å². The van der Waals surface area contributed by atoms with Gasteiger partial charge >= 0.3 is 0 Å². The van der Waals surface area contributed by atoms with Gasteiger partial charge in [0.25, 0.3) is 0 Å². The number of hydrogen-bond acceptors (Lipinski definition) is 2. The Bertz CT molecular complexity index is 396. The van der Waals surface area contributed by atoms with Crippen LogP contribution in [0, 0.1) is 5.82 Å². The van der Waals surface area contributed by atoms with Crippen LogP contribution in [-0.4, -0.2) is 13.2 Å². The molecule has 17 heavy (non-hydrogen) atoms. The van der Waals surface area contributed by atoms with E-state index in [2.05, 4.69) is 5.32 Å². The fraction of sp³-hybridized carbons (Fsp3) is 0.333. The van der Waals surface area contributed by atoms with Crippen LogP contribution in [0.4, 0.5) is 4.39 Å². The quantitative estimate of drug-likeness (QED) is 0.857. The first kappa shape index (κ1) is 14.3. The van der Waals surface area contributed by atoms with Crippen molar-refractivity contribution in [3.8, 4) is 5.75 Å². The lowest BCUT2D eigenvalue weighted by molar-refractivity contribution is 0.333. The van der Waals surface area contributed by atoms with Gasteiger partial charge in [-0.1, -0.05) is 42.3 Å². The van der Waals surface area contributed by atoms with Gasteiger partial charge in [-0.25, -0.2) is 4.39 Å². The topological polar surface area (TPSA) is 21.3 Å². The van der Waals surface area contributed by atoms with Gasteiger partial charge in [-0.3, -0.25) is 0 Å². The fourth-order valence-electron chi connectivity index (χ4n) is 1.29. The summed E-state index contributed by atoms with van der Waals surface area (Å²) in [5, 5.41) is 3.44. The smallest absolute Gasteiger partial charge is 0.165 e. The Labute approximate surface area is 110 Å². The number of ether oxygens (including phenoxy) is 1. The van der Waals surface area contributed by atoms with E-state index in [9.17, 15) is 4.39 Å². The predicted octanol–water partition coefficient (Wildman–Crippen LogP) is 3.63. The van der Waals surface area contributed by atoms with Crippen LogP contribution in [0.2, 0.25) is 0 Å². The second kappa shape index (κ2) is 7.54. The van der Waals surface area contributed by atoms with Gasteiger partial charge in [-0.15, -0.1) is 0 Å². The van der Waals surface area contributed by atoms with Crippen LogP contribution in [0.1, 0.15) is 12.5 Å². The third-order valence-electron chi connectivity index (χ3n) is 2.09. The highest BCUT2D eigenvalue weighted by molar-refractivity contribution is 6.36. The Morgan fingerprint density at radius 3 is 2.94 bits per heavy atom. The molecule has 0 unspecified atom stereocenters. The van der Waals surface area contributed by atoms with E-state index in [1.807, 2.05) is 6.92 Å². The summed E-state index contributed by atoms with van der Waals surface area (Å²) in [5.41, 5.74) is 1.96. The fourth-order valence-corrected chi connectivity index (χ4v) is 1.40. The van der Waals surface area contributed by atoms with E-state index in [1.54, 1.807) is 12.1 Å². The normalized spacial score (nSPS) is 11.6. The van der Waals surface area contributed by atoms with Crippen LogP contribution in [-0.2, 0) is 6.54 Å². The summed E-state index contributed by atoms with van der Waals surface area (Å²) in [5.74, 6) is -0.190. The van der Waals surface area contributed by atoms with Crippen LogP contribution in [0.15, 0.2) is 28.8 Å². The molecule has 5 heteroatoms. The van der Waals surface area contributed by atoms with E-state index in [0.717, 1.165) is 12.1 Å². The molecule has 1 N–H and O–H groups in total. The van der Waals surface area contributed by atoms with Gasteiger partial charge < -0.3 is 10.1 Å². The third kappa shape index (κ3) is 4.54. The summed E-state index contributed by atoms with van der Waals surface area (Å²) < 4.78 is 18.9. The molecule has 0 heterocycles. The summed E-state index contributed by atoms with van der Waals surface area (Å²) >= 11 is 11.1. The Morgan fingerprint density at radius 1 is 1.53 bits per heavy atom. The van der Waals surface area contributed by atoms with E-state index in [0.29, 0.717) is 11.6 Å². The molecule has 0 atom stereocenters. The average Bonchev–Trinajstić information content (AvgIpc) is 2.34. The maximum absolute atomic E-state index is 13.6. The molecule has 1 rings (SSSR count). The van der Waals surface area contributed by atoms with E-state index < -0.39 is 5.82 Å². The molecular formula is C12H14Cl2FNO. The van der Waals surface area contributed by atoms with Gasteiger partial charge in [-0.2, -0.15) is 0 Å². The summed E-state index contributed by atoms with van der Waals surface area (Å²) in [6, 6.07) is 4.80. The van der Waals surface area contributed by atoms with Crippen molar-refractivity contribution in [3.05, 3.63) is 40.1 Å². The van der Waals surface area contributed by atoms with E-state index in [-0.39, 0.29) is 12.4 Å². The molecule has 0 fully saturated rings. The Morgan fingerprint density at radius 2 is 2.29 bits per heavy atom. The molecular weight excluding hydrogens is 264 g/mol. The number of para-hydroxylation sites is 1. The maximum atomic E-state index is 13.6. The zero-order valence-electron chi connectivity index (χ0n) is 9.47. The van der Waals surface area contributed by atoms with Gasteiger partial charge in [0.15, 0.2) is 11.6 Å². The van der Waals surface area contributed by atoms with Gasteiger partial charge in [0.05, 0.1) is 5.03 Å². The van der Waals surface area contributed by atoms with Crippen LogP contribution in [0.3, 0.4) is 0 Å². The number of rotatable bonds is 6. The first-order chi connectivity index (χ1) is 8.19. The van der Waals surface area contributed by atoms with Crippen molar-refractivity contribution in [1.29, 1.82) is 0 Å². The molecule has 0 bridgehead atoms. The van der Waals surface area contributed by atoms with Crippen LogP contribution < -0.4 is 10.1 Å². The Hall–Kier alpha value is -0.770. The van der Waals surface area contributed by atoms with Gasteiger partial charge in [0, 0.05) is 17.6 Å². The monoisotopic (exact) mass is 277 g/mol. The van der Waals surface area contributed by atoms with E-state index >= 15 is 0 Å². The van der Waals surface area contributed by atoms with Crippen molar-refractivity contribution >= 4 is 23.2 Å². The third-order valence-corrected chi connectivity index (χ3v) is 2.68. The van der Waals surface area contributed by atoms with Crippen molar-refractivity contribution in [3.63, 3.8) is 0 Å². The largest absolute Gasteiger partial charge is 0.485 e. The molecule has 0 aliphatic carbocycles. The van der Waals surface area contributed by atoms with Crippen molar-refractivity contribution in [2.75, 3.05) is 13.2 Å². The minimum absolute atomic E-state index is 0.0606. The van der Waals surface area contributed by atoms with Crippen LogP contribution >= 0.6 is 23.2 Å². The first-order valence-electron chi connectivity index (χ1n) is 5.24. The summed E-state index contributed by atoms with van der Waals surface area (Å²) in [4.78, 5) is 0. The SMILES string of the molecule is CCNCc1cccc(F)c1OC/C(Cl)=C/Cl. The molecule has 0 saturated carbocycles. The Balaban J connectivity index is 2.80. The lowest BCUT2D eigenvalue weighted by Crippen LogP contribution is -2.13. The van der Waals surface area contributed by atoms with Gasteiger partial charge in [0.2, 0.25) is 0 Å². The van der Waals surface area contributed by atoms with Crippen molar-refractivity contribution in [1.82, 2.24) is 5.32 Å². The zero-order chi connectivity index (χ0) is 12.7. The average molecular weight is 278 g/mol. The zero-order valence-corrected chi connectivity index (χ0v) is 11.0. The molecule has 94 valence electrons. The Kier molecular flexibility index (Phi) is 6.34. The number of halogens is 3. The second-order valence-electron chi connectivity index (χ2n) is 3.35. The van der Waals surface area contributed by atoms with Crippen molar-refractivity contribution in [2.45, 2.75) is 13.5 Å². The second-order valence-corrected chi connectivity index (χ2v) is 4.06. The molecule has 0 radical (unpaired) electrons. The summed E-state index contributed by atoms with van der Waals surface area (Å²) in [7, 11) is 0. The van der Waals surface area contributed by atoms with E-state index in [4.69, 9.17) is 27.9 Å². The summed E-state index contributed by atoms with van der Waals surface area (Å²) in [6.07, 6.45) is 0. The molecule has 0 saturated heterocycles. The number of benzene rings is 1. The molecule has 0 aliphatic rings. The first-order valence-corrected chi connectivity index (χ1v) is 6.06. The van der Waals surface area contributed by atoms with Gasteiger partial charge in [0.1, 0.15) is 6.61 Å².